The molecule has 5 heteroatoms. The summed E-state index contributed by atoms with van der Waals surface area (Å²) in [4.78, 5) is 5.66. The van der Waals surface area contributed by atoms with E-state index in [2.05, 4.69) is 4.98 Å². The zero-order valence-corrected chi connectivity index (χ0v) is 8.04. The Bertz CT molecular complexity index is 343. The molecule has 0 unspecified atom stereocenters. The molecule has 1 saturated heterocycles. The Kier molecular flexibility index (Phi) is 2.79. The van der Waals surface area contributed by atoms with Crippen LogP contribution in [0.15, 0.2) is 18.3 Å². The Balaban J connectivity index is 2.18. The molecule has 1 aliphatic heterocycles. The summed E-state index contributed by atoms with van der Waals surface area (Å²) >= 11 is 0. The van der Waals surface area contributed by atoms with Crippen LogP contribution in [0.3, 0.4) is 0 Å². The van der Waals surface area contributed by atoms with E-state index in [1.54, 1.807) is 4.90 Å². The molecule has 2 nitrogen and oxygen atoms in total. The first-order valence-electron chi connectivity index (χ1n) is 4.80. The molecule has 82 valence electrons. The van der Waals surface area contributed by atoms with Crippen LogP contribution in [0.1, 0.15) is 18.4 Å². The number of aromatic nitrogens is 1. The Labute approximate surface area is 85.7 Å². The highest BCUT2D eigenvalue weighted by atomic mass is 19.3. The number of pyridine rings is 1. The van der Waals surface area contributed by atoms with Crippen LogP contribution in [0.25, 0.3) is 0 Å². The average molecular weight is 216 g/mol. The van der Waals surface area contributed by atoms with E-state index in [9.17, 15) is 13.2 Å². The fourth-order valence-corrected chi connectivity index (χ4v) is 1.67. The van der Waals surface area contributed by atoms with Gasteiger partial charge in [0, 0.05) is 18.3 Å². The number of rotatable bonds is 2. The van der Waals surface area contributed by atoms with Crippen LogP contribution in [-0.2, 0) is 0 Å². The summed E-state index contributed by atoms with van der Waals surface area (Å²) in [5, 5.41) is 0. The Morgan fingerprint density at radius 3 is 2.87 bits per heavy atom. The number of alkyl halides is 3. The van der Waals surface area contributed by atoms with E-state index in [1.165, 1.54) is 18.3 Å². The highest BCUT2D eigenvalue weighted by Gasteiger charge is 2.23. The monoisotopic (exact) mass is 216 g/mol. The Morgan fingerprint density at radius 1 is 1.47 bits per heavy atom. The van der Waals surface area contributed by atoms with Gasteiger partial charge in [-0.05, 0) is 18.6 Å². The van der Waals surface area contributed by atoms with Crippen molar-refractivity contribution in [2.75, 3.05) is 18.0 Å². The number of halogens is 3. The summed E-state index contributed by atoms with van der Waals surface area (Å²) in [5.41, 5.74) is -0.0673. The molecule has 1 aliphatic rings. The van der Waals surface area contributed by atoms with Crippen LogP contribution >= 0.6 is 0 Å². The molecule has 1 atom stereocenters. The third-order valence-electron chi connectivity index (χ3n) is 2.48. The van der Waals surface area contributed by atoms with Crippen molar-refractivity contribution in [1.82, 2.24) is 4.98 Å². The molecule has 0 spiro atoms. The van der Waals surface area contributed by atoms with Crippen LogP contribution in [0, 0.1) is 0 Å². The molecule has 2 heterocycles. The van der Waals surface area contributed by atoms with E-state index >= 15 is 0 Å². The summed E-state index contributed by atoms with van der Waals surface area (Å²) < 4.78 is 37.7. The fourth-order valence-electron chi connectivity index (χ4n) is 1.67. The molecule has 0 N–H and O–H groups in total. The number of hydrogen-bond donors (Lipinski definition) is 0. The van der Waals surface area contributed by atoms with Crippen molar-refractivity contribution < 1.29 is 13.2 Å². The summed E-state index contributed by atoms with van der Waals surface area (Å²) in [5.74, 6) is 0.438. The van der Waals surface area contributed by atoms with Gasteiger partial charge in [0.2, 0.25) is 0 Å². The molecule has 2 rings (SSSR count). The van der Waals surface area contributed by atoms with Gasteiger partial charge in [0.15, 0.2) is 0 Å². The van der Waals surface area contributed by atoms with Gasteiger partial charge in [-0.25, -0.2) is 18.2 Å². The second kappa shape index (κ2) is 4.08. The molecule has 1 fully saturated rings. The van der Waals surface area contributed by atoms with Gasteiger partial charge in [-0.3, -0.25) is 0 Å². The first-order valence-corrected chi connectivity index (χ1v) is 4.80. The normalized spacial score (nSPS) is 21.3. The van der Waals surface area contributed by atoms with Gasteiger partial charge in [0.05, 0.1) is 6.54 Å². The molecule has 0 aromatic carbocycles. The van der Waals surface area contributed by atoms with Gasteiger partial charge < -0.3 is 4.90 Å². The van der Waals surface area contributed by atoms with Crippen molar-refractivity contribution >= 4 is 5.82 Å². The van der Waals surface area contributed by atoms with E-state index in [0.29, 0.717) is 18.8 Å². The largest absolute Gasteiger partial charge is 0.354 e. The lowest BCUT2D eigenvalue weighted by Gasteiger charge is -2.16. The quantitative estimate of drug-likeness (QED) is 0.755. The van der Waals surface area contributed by atoms with Crippen molar-refractivity contribution in [3.63, 3.8) is 0 Å². The van der Waals surface area contributed by atoms with E-state index in [0.717, 1.165) is 0 Å². The van der Waals surface area contributed by atoms with Crippen LogP contribution < -0.4 is 4.90 Å². The minimum atomic E-state index is -2.50. The maximum Gasteiger partial charge on any atom is 0.264 e. The standard InChI is InChI=1S/C10H11F3N2/c11-8-2-4-15(6-8)9-5-7(10(12)13)1-3-14-9/h1,3,5,8,10H,2,4,6H2/t8-/m1/s1. The SMILES string of the molecule is FC(F)c1ccnc(N2CC[C@@H](F)C2)c1. The molecule has 0 radical (unpaired) electrons. The van der Waals surface area contributed by atoms with E-state index in [1.807, 2.05) is 0 Å². The zero-order chi connectivity index (χ0) is 10.8. The Hall–Kier alpha value is -1.26. The maximum absolute atomic E-state index is 12.9. The molecule has 0 aliphatic carbocycles. The highest BCUT2D eigenvalue weighted by molar-refractivity contribution is 5.42. The van der Waals surface area contributed by atoms with Gasteiger partial charge >= 0.3 is 0 Å². The van der Waals surface area contributed by atoms with Crippen LogP contribution in [0.4, 0.5) is 19.0 Å². The van der Waals surface area contributed by atoms with E-state index in [-0.39, 0.29) is 12.1 Å². The number of hydrogen-bond acceptors (Lipinski definition) is 2. The molecule has 15 heavy (non-hydrogen) atoms. The average Bonchev–Trinajstić information content (AvgIpc) is 2.65. The van der Waals surface area contributed by atoms with E-state index < -0.39 is 12.6 Å². The summed E-state index contributed by atoms with van der Waals surface area (Å²) in [7, 11) is 0. The molecular formula is C10H11F3N2. The lowest BCUT2D eigenvalue weighted by atomic mass is 10.2. The minimum absolute atomic E-state index is 0.0673. The third kappa shape index (κ3) is 2.22. The molecule has 1 aromatic heterocycles. The van der Waals surface area contributed by atoms with Gasteiger partial charge in [0.1, 0.15) is 12.0 Å². The van der Waals surface area contributed by atoms with Crippen molar-refractivity contribution in [3.8, 4) is 0 Å². The van der Waals surface area contributed by atoms with Gasteiger partial charge in [-0.1, -0.05) is 0 Å². The second-order valence-corrected chi connectivity index (χ2v) is 3.58. The highest BCUT2D eigenvalue weighted by Crippen LogP contribution is 2.24. The zero-order valence-electron chi connectivity index (χ0n) is 8.04. The van der Waals surface area contributed by atoms with E-state index in [4.69, 9.17) is 0 Å². The smallest absolute Gasteiger partial charge is 0.264 e. The molecular weight excluding hydrogens is 205 g/mol. The lowest BCUT2D eigenvalue weighted by Crippen LogP contribution is -2.21. The summed E-state index contributed by atoms with van der Waals surface area (Å²) in [6.45, 7) is 0.792. The second-order valence-electron chi connectivity index (χ2n) is 3.58. The maximum atomic E-state index is 12.9. The van der Waals surface area contributed by atoms with Gasteiger partial charge in [-0.2, -0.15) is 0 Å². The fraction of sp³-hybridized carbons (Fsp3) is 0.500. The number of anilines is 1. The topological polar surface area (TPSA) is 16.1 Å². The van der Waals surface area contributed by atoms with Crippen LogP contribution in [-0.4, -0.2) is 24.2 Å². The van der Waals surface area contributed by atoms with Gasteiger partial charge in [-0.15, -0.1) is 0 Å². The van der Waals surface area contributed by atoms with Crippen molar-refractivity contribution in [3.05, 3.63) is 23.9 Å². The van der Waals surface area contributed by atoms with Crippen molar-refractivity contribution in [1.29, 1.82) is 0 Å². The number of nitrogens with zero attached hydrogens (tertiary/aromatic N) is 2. The Morgan fingerprint density at radius 2 is 2.27 bits per heavy atom. The first kappa shape index (κ1) is 10.3. The van der Waals surface area contributed by atoms with Crippen LogP contribution in [0.5, 0.6) is 0 Å². The molecule has 1 aromatic rings. The molecule has 0 saturated carbocycles. The molecule has 0 bridgehead atoms. The summed E-state index contributed by atoms with van der Waals surface area (Å²) in [6.07, 6.45) is -1.60. The summed E-state index contributed by atoms with van der Waals surface area (Å²) in [6, 6.07) is 2.60. The predicted molar refractivity (Wildman–Crippen MR) is 50.9 cm³/mol. The molecule has 0 amide bonds. The first-order chi connectivity index (χ1) is 7.16. The lowest BCUT2D eigenvalue weighted by molar-refractivity contribution is 0.151. The third-order valence-corrected chi connectivity index (χ3v) is 2.48. The van der Waals surface area contributed by atoms with Crippen molar-refractivity contribution in [2.24, 2.45) is 0 Å². The minimum Gasteiger partial charge on any atom is -0.354 e. The van der Waals surface area contributed by atoms with Crippen molar-refractivity contribution in [2.45, 2.75) is 19.0 Å². The van der Waals surface area contributed by atoms with Crippen LogP contribution in [0.2, 0.25) is 0 Å². The van der Waals surface area contributed by atoms with Gasteiger partial charge in [0.25, 0.3) is 6.43 Å². The predicted octanol–water partition coefficient (Wildman–Crippen LogP) is 2.57.